The molecule has 0 aliphatic heterocycles. The maximum atomic E-state index is 12.2. The Morgan fingerprint density at radius 2 is 1.55 bits per heavy atom. The molecule has 0 bridgehead atoms. The van der Waals surface area contributed by atoms with Crippen molar-refractivity contribution in [3.8, 4) is 0 Å². The number of carboxylic acids is 1. The molecule has 0 radical (unpaired) electrons. The van der Waals surface area contributed by atoms with Gasteiger partial charge >= 0.3 is 5.97 Å². The molecule has 1 heterocycles. The fraction of sp³-hybridized carbons (Fsp3) is 0.565. The maximum absolute atomic E-state index is 12.2. The number of hydrogen-bond donors (Lipinski definition) is 4. The van der Waals surface area contributed by atoms with E-state index in [4.69, 9.17) is 5.11 Å². The summed E-state index contributed by atoms with van der Waals surface area (Å²) in [6.07, 6.45) is 12.1. The lowest BCUT2D eigenvalue weighted by Gasteiger charge is -2.14. The molecule has 2 aromatic rings. The van der Waals surface area contributed by atoms with Crippen LogP contribution >= 0.6 is 0 Å². The summed E-state index contributed by atoms with van der Waals surface area (Å²) in [6.45, 7) is 0.284. The molecule has 1 atom stereocenters. The molecule has 1 aromatic heterocycles. The van der Waals surface area contributed by atoms with E-state index in [1.54, 1.807) is 0 Å². The molecule has 1 aromatic carbocycles. The van der Waals surface area contributed by atoms with Gasteiger partial charge in [0.25, 0.3) is 0 Å². The van der Waals surface area contributed by atoms with Crippen LogP contribution in [-0.4, -0.2) is 39.7 Å². The third kappa shape index (κ3) is 8.28. The van der Waals surface area contributed by atoms with Crippen molar-refractivity contribution in [1.82, 2.24) is 10.3 Å². The Hall–Kier alpha value is -2.34. The first-order chi connectivity index (χ1) is 14.1. The van der Waals surface area contributed by atoms with Crippen molar-refractivity contribution < 1.29 is 19.8 Å². The monoisotopic (exact) mass is 402 g/mol. The number of fused-ring (bicyclic) bond motifs is 1. The van der Waals surface area contributed by atoms with Gasteiger partial charge in [0.2, 0.25) is 5.91 Å². The van der Waals surface area contributed by atoms with Crippen LogP contribution in [0.2, 0.25) is 0 Å². The third-order valence-electron chi connectivity index (χ3n) is 5.29. The van der Waals surface area contributed by atoms with Crippen molar-refractivity contribution in [2.45, 2.75) is 76.7 Å². The number of rotatable bonds is 15. The minimum atomic E-state index is -1.01. The number of unbranched alkanes of at least 4 members (excludes halogenated alkanes) is 8. The smallest absolute Gasteiger partial charge is 0.326 e. The van der Waals surface area contributed by atoms with E-state index in [9.17, 15) is 14.7 Å². The van der Waals surface area contributed by atoms with Crippen LogP contribution in [0, 0.1) is 0 Å². The predicted molar refractivity (Wildman–Crippen MR) is 115 cm³/mol. The molecule has 0 saturated heterocycles. The number of nitrogens with one attached hydrogen (secondary N) is 2. The molecule has 6 heteroatoms. The number of aromatic amines is 1. The van der Waals surface area contributed by atoms with Crippen molar-refractivity contribution in [2.24, 2.45) is 0 Å². The van der Waals surface area contributed by atoms with Gasteiger partial charge in [0.05, 0.1) is 0 Å². The molecular weight excluding hydrogens is 368 g/mol. The van der Waals surface area contributed by atoms with Crippen molar-refractivity contribution in [1.29, 1.82) is 0 Å². The Labute approximate surface area is 172 Å². The first-order valence-corrected chi connectivity index (χ1v) is 10.8. The van der Waals surface area contributed by atoms with Gasteiger partial charge in [-0.15, -0.1) is 0 Å². The normalized spacial score (nSPS) is 12.2. The van der Waals surface area contributed by atoms with Crippen molar-refractivity contribution in [3.05, 3.63) is 36.0 Å². The molecular formula is C23H34N2O4. The van der Waals surface area contributed by atoms with Gasteiger partial charge in [-0.1, -0.05) is 63.1 Å². The van der Waals surface area contributed by atoms with Gasteiger partial charge in [-0.05, 0) is 24.5 Å². The van der Waals surface area contributed by atoms with Crippen LogP contribution in [0.15, 0.2) is 30.5 Å². The number of para-hydroxylation sites is 1. The SMILES string of the molecule is O=C(CCCCCCCCCCCO)N[C@@H](Cc1c[nH]c2ccccc12)C(=O)O. The highest BCUT2D eigenvalue weighted by atomic mass is 16.4. The number of amides is 1. The molecule has 160 valence electrons. The molecule has 4 N–H and O–H groups in total. The summed E-state index contributed by atoms with van der Waals surface area (Å²) in [5.74, 6) is -1.20. The van der Waals surface area contributed by atoms with Gasteiger partial charge in [-0.3, -0.25) is 4.79 Å². The predicted octanol–water partition coefficient (Wildman–Crippen LogP) is 4.17. The standard InChI is InChI=1S/C23H34N2O4/c26-15-11-7-5-3-1-2-4-6-8-14-22(27)25-21(23(28)29)16-18-17-24-20-13-10-9-12-19(18)20/h9-10,12-13,17,21,24,26H,1-8,11,14-16H2,(H,25,27)(H,28,29)/t21-/m0/s1. The van der Waals surface area contributed by atoms with Gasteiger partial charge in [-0.2, -0.15) is 0 Å². The molecule has 0 spiro atoms. The molecule has 0 aliphatic carbocycles. The lowest BCUT2D eigenvalue weighted by Crippen LogP contribution is -2.42. The zero-order valence-electron chi connectivity index (χ0n) is 17.2. The Morgan fingerprint density at radius 3 is 2.21 bits per heavy atom. The van der Waals surface area contributed by atoms with E-state index >= 15 is 0 Å². The number of aromatic nitrogens is 1. The first-order valence-electron chi connectivity index (χ1n) is 10.8. The second-order valence-corrected chi connectivity index (χ2v) is 7.68. The fourth-order valence-corrected chi connectivity index (χ4v) is 3.62. The molecule has 6 nitrogen and oxygen atoms in total. The summed E-state index contributed by atoms with van der Waals surface area (Å²) in [5, 5.41) is 21.9. The van der Waals surface area contributed by atoms with E-state index in [0.717, 1.165) is 48.6 Å². The average Bonchev–Trinajstić information content (AvgIpc) is 3.12. The third-order valence-corrected chi connectivity index (χ3v) is 5.29. The number of aliphatic hydroxyl groups excluding tert-OH is 1. The lowest BCUT2D eigenvalue weighted by molar-refractivity contribution is -0.141. The lowest BCUT2D eigenvalue weighted by atomic mass is 10.0. The van der Waals surface area contributed by atoms with E-state index in [1.165, 1.54) is 25.7 Å². The van der Waals surface area contributed by atoms with E-state index in [2.05, 4.69) is 10.3 Å². The van der Waals surface area contributed by atoms with Crippen LogP contribution in [0.5, 0.6) is 0 Å². The highest BCUT2D eigenvalue weighted by Gasteiger charge is 2.21. The minimum Gasteiger partial charge on any atom is -0.480 e. The number of H-pyrrole nitrogens is 1. The molecule has 29 heavy (non-hydrogen) atoms. The molecule has 0 aliphatic rings. The zero-order valence-corrected chi connectivity index (χ0v) is 17.2. The van der Waals surface area contributed by atoms with Crippen LogP contribution in [0.25, 0.3) is 10.9 Å². The van der Waals surface area contributed by atoms with Gasteiger partial charge in [-0.25, -0.2) is 4.79 Å². The number of carbonyl (C=O) groups excluding carboxylic acids is 1. The summed E-state index contributed by atoms with van der Waals surface area (Å²) < 4.78 is 0. The Bertz CT molecular complexity index is 756. The van der Waals surface area contributed by atoms with Gasteiger partial charge in [0.15, 0.2) is 0 Å². The highest BCUT2D eigenvalue weighted by molar-refractivity contribution is 5.86. The van der Waals surface area contributed by atoms with Gasteiger partial charge in [0, 0.05) is 36.5 Å². The van der Waals surface area contributed by atoms with Crippen LogP contribution in [-0.2, 0) is 16.0 Å². The van der Waals surface area contributed by atoms with Crippen molar-refractivity contribution in [2.75, 3.05) is 6.61 Å². The number of benzene rings is 1. The average molecular weight is 403 g/mol. The molecule has 2 rings (SSSR count). The second kappa shape index (κ2) is 13.0. The Balaban J connectivity index is 1.65. The van der Waals surface area contributed by atoms with E-state index in [1.807, 2.05) is 30.5 Å². The second-order valence-electron chi connectivity index (χ2n) is 7.68. The Morgan fingerprint density at radius 1 is 0.931 bits per heavy atom. The fourth-order valence-electron chi connectivity index (χ4n) is 3.62. The highest BCUT2D eigenvalue weighted by Crippen LogP contribution is 2.19. The number of carboxylic acid groups (broad SMARTS) is 1. The summed E-state index contributed by atoms with van der Waals surface area (Å²) in [7, 11) is 0. The van der Waals surface area contributed by atoms with Crippen LogP contribution in [0.3, 0.4) is 0 Å². The van der Waals surface area contributed by atoms with Crippen molar-refractivity contribution in [3.63, 3.8) is 0 Å². The molecule has 0 fully saturated rings. The largest absolute Gasteiger partial charge is 0.480 e. The number of aliphatic carboxylic acids is 1. The van der Waals surface area contributed by atoms with Crippen LogP contribution < -0.4 is 5.32 Å². The number of hydrogen-bond acceptors (Lipinski definition) is 3. The zero-order chi connectivity index (χ0) is 20.9. The van der Waals surface area contributed by atoms with E-state index in [-0.39, 0.29) is 18.9 Å². The quantitative estimate of drug-likeness (QED) is 0.336. The first kappa shape index (κ1) is 22.9. The van der Waals surface area contributed by atoms with Crippen LogP contribution in [0.1, 0.15) is 69.8 Å². The molecule has 0 saturated carbocycles. The van der Waals surface area contributed by atoms with Crippen LogP contribution in [0.4, 0.5) is 0 Å². The van der Waals surface area contributed by atoms with Gasteiger partial charge in [0.1, 0.15) is 6.04 Å². The van der Waals surface area contributed by atoms with Crippen molar-refractivity contribution >= 4 is 22.8 Å². The Kier molecular flexibility index (Phi) is 10.3. The molecule has 1 amide bonds. The summed E-state index contributed by atoms with van der Waals surface area (Å²) in [5.41, 5.74) is 1.86. The topological polar surface area (TPSA) is 102 Å². The minimum absolute atomic E-state index is 0.193. The molecule has 0 unspecified atom stereocenters. The van der Waals surface area contributed by atoms with E-state index in [0.29, 0.717) is 6.42 Å². The summed E-state index contributed by atoms with van der Waals surface area (Å²) in [4.78, 5) is 26.9. The number of carbonyl (C=O) groups is 2. The van der Waals surface area contributed by atoms with Gasteiger partial charge < -0.3 is 20.5 Å². The summed E-state index contributed by atoms with van der Waals surface area (Å²) in [6, 6.07) is 6.83. The van der Waals surface area contributed by atoms with E-state index < -0.39 is 12.0 Å². The summed E-state index contributed by atoms with van der Waals surface area (Å²) >= 11 is 0. The maximum Gasteiger partial charge on any atom is 0.326 e. The number of aliphatic hydroxyl groups is 1.